The van der Waals surface area contributed by atoms with E-state index in [0.29, 0.717) is 5.01 Å². The van der Waals surface area contributed by atoms with Gasteiger partial charge in [0.05, 0.1) is 0 Å². The predicted molar refractivity (Wildman–Crippen MR) is 35.0 cm³/mol. The lowest BCUT2D eigenvalue weighted by Gasteiger charge is -2.23. The number of alkyl halides is 3. The summed E-state index contributed by atoms with van der Waals surface area (Å²) >= 11 is 0. The van der Waals surface area contributed by atoms with Crippen molar-refractivity contribution in [3.63, 3.8) is 0 Å². The van der Waals surface area contributed by atoms with Crippen molar-refractivity contribution in [2.45, 2.75) is 25.6 Å². The Morgan fingerprint density at radius 2 is 2.25 bits per heavy atom. The van der Waals surface area contributed by atoms with Crippen molar-refractivity contribution in [1.29, 1.82) is 0 Å². The first-order valence-electron chi connectivity index (χ1n) is 3.51. The summed E-state index contributed by atoms with van der Waals surface area (Å²) in [7, 11) is 0. The minimum Gasteiger partial charge on any atom is -0.284 e. The number of hydrogen-bond acceptors (Lipinski definition) is 2. The first-order chi connectivity index (χ1) is 5.44. The summed E-state index contributed by atoms with van der Waals surface area (Å²) in [5.74, 6) is -0.622. The van der Waals surface area contributed by atoms with Crippen LogP contribution in [0.4, 0.5) is 13.2 Å². The third-order valence-electron chi connectivity index (χ3n) is 1.64. The van der Waals surface area contributed by atoms with E-state index in [9.17, 15) is 18.0 Å². The number of nitrogens with zero attached hydrogens (tertiary/aromatic N) is 1. The highest BCUT2D eigenvalue weighted by molar-refractivity contribution is 5.72. The quantitative estimate of drug-likeness (QED) is 0.604. The number of carbonyl (C=O) groups is 1. The van der Waals surface area contributed by atoms with Crippen molar-refractivity contribution in [1.82, 2.24) is 10.4 Å². The smallest absolute Gasteiger partial charge is 0.284 e. The molecule has 0 bridgehead atoms. The third kappa shape index (κ3) is 1.52. The van der Waals surface area contributed by atoms with Gasteiger partial charge in [-0.1, -0.05) is 0 Å². The monoisotopic (exact) mass is 182 g/mol. The SMILES string of the molecule is CC(=O)NN1CC[C@H](F)C1(F)F. The molecule has 1 saturated heterocycles. The van der Waals surface area contributed by atoms with E-state index in [0.717, 1.165) is 6.92 Å². The zero-order valence-electron chi connectivity index (χ0n) is 6.48. The molecule has 0 aromatic heterocycles. The molecule has 1 aliphatic heterocycles. The summed E-state index contributed by atoms with van der Waals surface area (Å²) in [6, 6.07) is -3.56. The number of nitrogens with one attached hydrogen (secondary N) is 1. The Hall–Kier alpha value is -0.780. The highest BCUT2D eigenvalue weighted by atomic mass is 19.3. The molecular formula is C6H9F3N2O. The number of hydrogen-bond donors (Lipinski definition) is 1. The first kappa shape index (κ1) is 9.31. The van der Waals surface area contributed by atoms with Crippen molar-refractivity contribution < 1.29 is 18.0 Å². The van der Waals surface area contributed by atoms with Crippen LogP contribution in [-0.2, 0) is 4.79 Å². The Morgan fingerprint density at radius 1 is 1.67 bits per heavy atom. The molecule has 1 N–H and O–H groups in total. The second-order valence-corrected chi connectivity index (χ2v) is 2.66. The van der Waals surface area contributed by atoms with E-state index in [1.165, 1.54) is 0 Å². The average Bonchev–Trinajstić information content (AvgIpc) is 2.15. The molecule has 0 aromatic rings. The van der Waals surface area contributed by atoms with Crippen molar-refractivity contribution in [2.75, 3.05) is 6.54 Å². The normalized spacial score (nSPS) is 28.8. The third-order valence-corrected chi connectivity index (χ3v) is 1.64. The Morgan fingerprint density at radius 3 is 2.58 bits per heavy atom. The number of hydrazine groups is 1. The van der Waals surface area contributed by atoms with Crippen molar-refractivity contribution >= 4 is 5.91 Å². The van der Waals surface area contributed by atoms with E-state index >= 15 is 0 Å². The molecule has 1 amide bonds. The van der Waals surface area contributed by atoms with Crippen LogP contribution in [-0.4, -0.2) is 29.7 Å². The van der Waals surface area contributed by atoms with Crippen molar-refractivity contribution in [3.8, 4) is 0 Å². The van der Waals surface area contributed by atoms with Crippen LogP contribution in [0.1, 0.15) is 13.3 Å². The van der Waals surface area contributed by atoms with Crippen LogP contribution in [0.25, 0.3) is 0 Å². The van der Waals surface area contributed by atoms with E-state index in [4.69, 9.17) is 0 Å². The number of halogens is 3. The van der Waals surface area contributed by atoms with Gasteiger partial charge in [0.2, 0.25) is 5.91 Å². The van der Waals surface area contributed by atoms with Gasteiger partial charge >= 0.3 is 6.05 Å². The summed E-state index contributed by atoms with van der Waals surface area (Å²) < 4.78 is 37.9. The van der Waals surface area contributed by atoms with E-state index in [-0.39, 0.29) is 13.0 Å². The van der Waals surface area contributed by atoms with Crippen LogP contribution < -0.4 is 5.43 Å². The van der Waals surface area contributed by atoms with Crippen LogP contribution in [0.15, 0.2) is 0 Å². The molecule has 0 radical (unpaired) electrons. The van der Waals surface area contributed by atoms with Gasteiger partial charge < -0.3 is 0 Å². The van der Waals surface area contributed by atoms with Crippen LogP contribution >= 0.6 is 0 Å². The highest BCUT2D eigenvalue weighted by Gasteiger charge is 2.52. The average molecular weight is 182 g/mol. The molecule has 1 fully saturated rings. The largest absolute Gasteiger partial charge is 0.351 e. The minimum absolute atomic E-state index is 0.159. The van der Waals surface area contributed by atoms with Crippen molar-refractivity contribution in [2.24, 2.45) is 0 Å². The molecule has 0 unspecified atom stereocenters. The fourth-order valence-corrected chi connectivity index (χ4v) is 1.05. The van der Waals surface area contributed by atoms with E-state index in [2.05, 4.69) is 0 Å². The fourth-order valence-electron chi connectivity index (χ4n) is 1.05. The Bertz CT molecular complexity index is 197. The number of rotatable bonds is 1. The Balaban J connectivity index is 2.62. The summed E-state index contributed by atoms with van der Waals surface area (Å²) in [5.41, 5.74) is 1.87. The van der Waals surface area contributed by atoms with Gasteiger partial charge in [0.25, 0.3) is 0 Å². The van der Waals surface area contributed by atoms with Gasteiger partial charge in [0.1, 0.15) is 0 Å². The maximum absolute atomic E-state index is 12.7. The summed E-state index contributed by atoms with van der Waals surface area (Å²) in [6.07, 6.45) is -2.45. The maximum Gasteiger partial charge on any atom is 0.351 e. The standard InChI is InChI=1S/C6H9F3N2O/c1-4(12)10-11-3-2-5(7)6(11,8)9/h5H,2-3H2,1H3,(H,10,12)/t5-/m0/s1. The number of carbonyl (C=O) groups excluding carboxylic acids is 1. The lowest BCUT2D eigenvalue weighted by atomic mass is 10.3. The molecule has 0 saturated carbocycles. The molecule has 1 rings (SSSR count). The lowest BCUT2D eigenvalue weighted by molar-refractivity contribution is -0.180. The molecule has 0 aliphatic carbocycles. The predicted octanol–water partition coefficient (Wildman–Crippen LogP) is 0.674. The highest BCUT2D eigenvalue weighted by Crippen LogP contribution is 2.32. The molecule has 3 nitrogen and oxygen atoms in total. The van der Waals surface area contributed by atoms with Crippen LogP contribution in [0.3, 0.4) is 0 Å². The van der Waals surface area contributed by atoms with Gasteiger partial charge in [-0.15, -0.1) is 0 Å². The topological polar surface area (TPSA) is 32.3 Å². The fraction of sp³-hybridized carbons (Fsp3) is 0.833. The number of amides is 1. The van der Waals surface area contributed by atoms with Gasteiger partial charge in [0, 0.05) is 19.9 Å². The van der Waals surface area contributed by atoms with Crippen LogP contribution in [0.2, 0.25) is 0 Å². The first-order valence-corrected chi connectivity index (χ1v) is 3.51. The molecular weight excluding hydrogens is 173 g/mol. The molecule has 1 atom stereocenters. The van der Waals surface area contributed by atoms with E-state index in [1.807, 2.05) is 5.43 Å². The Kier molecular flexibility index (Phi) is 2.27. The van der Waals surface area contributed by atoms with Gasteiger partial charge in [-0.3, -0.25) is 10.2 Å². The zero-order valence-corrected chi connectivity index (χ0v) is 6.48. The van der Waals surface area contributed by atoms with E-state index in [1.54, 1.807) is 0 Å². The van der Waals surface area contributed by atoms with Gasteiger partial charge in [-0.05, 0) is 0 Å². The molecule has 6 heteroatoms. The van der Waals surface area contributed by atoms with Gasteiger partial charge in [-0.2, -0.15) is 13.8 Å². The Labute approximate surface area is 67.5 Å². The molecule has 1 heterocycles. The molecule has 12 heavy (non-hydrogen) atoms. The molecule has 0 aromatic carbocycles. The van der Waals surface area contributed by atoms with Gasteiger partial charge in [0.15, 0.2) is 6.17 Å². The second kappa shape index (κ2) is 2.93. The second-order valence-electron chi connectivity index (χ2n) is 2.66. The van der Waals surface area contributed by atoms with Crippen LogP contribution in [0.5, 0.6) is 0 Å². The summed E-state index contributed by atoms with van der Waals surface area (Å²) in [6.45, 7) is 0.940. The zero-order chi connectivity index (χ0) is 9.35. The van der Waals surface area contributed by atoms with E-state index < -0.39 is 18.1 Å². The molecule has 0 spiro atoms. The van der Waals surface area contributed by atoms with Crippen LogP contribution in [0, 0.1) is 0 Å². The molecule has 1 aliphatic rings. The maximum atomic E-state index is 12.7. The summed E-state index contributed by atoms with van der Waals surface area (Å²) in [5, 5.41) is 0.333. The summed E-state index contributed by atoms with van der Waals surface area (Å²) in [4.78, 5) is 10.4. The van der Waals surface area contributed by atoms with Gasteiger partial charge in [-0.25, -0.2) is 4.39 Å². The molecule has 70 valence electrons. The van der Waals surface area contributed by atoms with Crippen molar-refractivity contribution in [3.05, 3.63) is 0 Å². The minimum atomic E-state index is -3.56. The lowest BCUT2D eigenvalue weighted by Crippen LogP contribution is -2.50.